The van der Waals surface area contributed by atoms with Crippen LogP contribution in [0.2, 0.25) is 0 Å². The van der Waals surface area contributed by atoms with Crippen LogP contribution in [0, 0.1) is 0 Å². The Balaban J connectivity index is 1.99. The number of ether oxygens (including phenoxy) is 6. The minimum atomic E-state index is -1.44. The monoisotopic (exact) mass is 630 g/mol. The van der Waals surface area contributed by atoms with E-state index in [2.05, 4.69) is 10.2 Å². The Morgan fingerprint density at radius 3 is 2.07 bits per heavy atom. The standard InChI is InChI=1S/C31H38N2O12/c1-16(2)26-23(14-22-12-10-21(11-13-22)8-7-9-25(38)39)30(33-32-26)45-31-29(43-20(6)37)28(42-19(5)36)27(41-18(4)35)24(44-31)15-40-17(3)34/h7-8,10-13,16,24,27-29,31H,9,14-15H2,1-6H3,(H,32,33)(H,38,39)/t24-,27+,28+,29-,31+/m1/s1. The van der Waals surface area contributed by atoms with Crippen LogP contribution >= 0.6 is 0 Å². The highest BCUT2D eigenvalue weighted by atomic mass is 16.7. The van der Waals surface area contributed by atoms with E-state index in [0.29, 0.717) is 12.0 Å². The smallest absolute Gasteiger partial charge is 0.307 e. The molecule has 45 heavy (non-hydrogen) atoms. The average molecular weight is 631 g/mol. The molecule has 0 amide bonds. The normalized spacial score (nSPS) is 21.3. The van der Waals surface area contributed by atoms with E-state index in [1.807, 2.05) is 38.1 Å². The van der Waals surface area contributed by atoms with Gasteiger partial charge >= 0.3 is 29.8 Å². The summed E-state index contributed by atoms with van der Waals surface area (Å²) in [6.45, 7) is 8.14. The van der Waals surface area contributed by atoms with Crippen molar-refractivity contribution in [2.75, 3.05) is 6.61 Å². The van der Waals surface area contributed by atoms with Gasteiger partial charge < -0.3 is 33.5 Å². The van der Waals surface area contributed by atoms with Gasteiger partial charge in [0.25, 0.3) is 0 Å². The van der Waals surface area contributed by atoms with Crippen LogP contribution in [0.1, 0.15) is 76.3 Å². The Labute approximate surface area is 260 Å². The van der Waals surface area contributed by atoms with Crippen LogP contribution in [-0.4, -0.2) is 82.5 Å². The fourth-order valence-electron chi connectivity index (χ4n) is 4.75. The number of carboxylic acid groups (broad SMARTS) is 1. The van der Waals surface area contributed by atoms with Gasteiger partial charge in [0.2, 0.25) is 18.3 Å². The summed E-state index contributed by atoms with van der Waals surface area (Å²) < 4.78 is 33.8. The van der Waals surface area contributed by atoms with Crippen LogP contribution in [0.5, 0.6) is 5.88 Å². The van der Waals surface area contributed by atoms with Gasteiger partial charge in [-0.3, -0.25) is 29.1 Å². The first-order valence-corrected chi connectivity index (χ1v) is 14.3. The minimum absolute atomic E-state index is 0.00141. The number of carbonyl (C=O) groups excluding carboxylic acids is 4. The van der Waals surface area contributed by atoms with Crippen molar-refractivity contribution < 1.29 is 57.5 Å². The van der Waals surface area contributed by atoms with Gasteiger partial charge in [0.15, 0.2) is 12.2 Å². The van der Waals surface area contributed by atoms with Gasteiger partial charge in [-0.05, 0) is 17.0 Å². The number of rotatable bonds is 13. The van der Waals surface area contributed by atoms with E-state index >= 15 is 0 Å². The first kappa shape index (κ1) is 34.8. The maximum absolute atomic E-state index is 12.2. The summed E-state index contributed by atoms with van der Waals surface area (Å²) in [6.07, 6.45) is -3.17. The maximum atomic E-state index is 12.2. The zero-order valence-corrected chi connectivity index (χ0v) is 25.9. The van der Waals surface area contributed by atoms with Gasteiger partial charge in [-0.25, -0.2) is 0 Å². The molecule has 3 rings (SSSR count). The van der Waals surface area contributed by atoms with Crippen LogP contribution in [-0.2, 0) is 54.1 Å². The molecule has 1 aromatic carbocycles. The third-order valence-corrected chi connectivity index (χ3v) is 6.58. The molecule has 1 aliphatic heterocycles. The van der Waals surface area contributed by atoms with Gasteiger partial charge in [-0.15, -0.1) is 5.10 Å². The molecule has 5 atom stereocenters. The van der Waals surface area contributed by atoms with Crippen LogP contribution in [0.25, 0.3) is 6.08 Å². The zero-order chi connectivity index (χ0) is 33.3. The summed E-state index contributed by atoms with van der Waals surface area (Å²) in [4.78, 5) is 58.8. The number of nitrogens with zero attached hydrogens (tertiary/aromatic N) is 1. The largest absolute Gasteiger partial charge is 0.481 e. The molecule has 244 valence electrons. The lowest BCUT2D eigenvalue weighted by atomic mass is 9.97. The molecule has 0 spiro atoms. The van der Waals surface area contributed by atoms with E-state index in [1.165, 1.54) is 6.92 Å². The number of aromatic amines is 1. The van der Waals surface area contributed by atoms with Crippen LogP contribution in [0.4, 0.5) is 0 Å². The number of benzene rings is 1. The van der Waals surface area contributed by atoms with Gasteiger partial charge in [0, 0.05) is 45.4 Å². The summed E-state index contributed by atoms with van der Waals surface area (Å²) >= 11 is 0. The number of aromatic nitrogens is 2. The van der Waals surface area contributed by atoms with Gasteiger partial charge in [-0.1, -0.05) is 50.3 Å². The Kier molecular flexibility index (Phi) is 12.2. The summed E-state index contributed by atoms with van der Waals surface area (Å²) in [6, 6.07) is 7.47. The first-order valence-electron chi connectivity index (χ1n) is 14.3. The number of hydrogen-bond acceptors (Lipinski definition) is 12. The molecule has 0 radical (unpaired) electrons. The van der Waals surface area contributed by atoms with Crippen LogP contribution in [0.3, 0.4) is 0 Å². The highest BCUT2D eigenvalue weighted by molar-refractivity contribution is 5.70. The predicted octanol–water partition coefficient (Wildman–Crippen LogP) is 3.07. The lowest BCUT2D eigenvalue weighted by Crippen LogP contribution is -2.63. The molecule has 0 aliphatic carbocycles. The number of esters is 4. The SMILES string of the molecule is CC(=O)OC[C@H]1O[C@@H](Oc2n[nH]c(C(C)C)c2Cc2ccc(C=CCC(=O)O)cc2)[C@H](OC(C)=O)[C@@H](OC(C)=O)[C@H]1OC(C)=O. The fourth-order valence-corrected chi connectivity index (χ4v) is 4.75. The van der Waals surface area contributed by atoms with Crippen molar-refractivity contribution in [3.63, 3.8) is 0 Å². The topological polar surface area (TPSA) is 190 Å². The number of aliphatic carboxylic acids is 1. The van der Waals surface area contributed by atoms with Crippen molar-refractivity contribution in [1.82, 2.24) is 10.2 Å². The van der Waals surface area contributed by atoms with Crippen molar-refractivity contribution in [3.05, 3.63) is 52.7 Å². The molecule has 2 N–H and O–H groups in total. The molecule has 0 saturated carbocycles. The highest BCUT2D eigenvalue weighted by Gasteiger charge is 2.53. The minimum Gasteiger partial charge on any atom is -0.481 e. The second-order valence-corrected chi connectivity index (χ2v) is 10.7. The van der Waals surface area contributed by atoms with Crippen LogP contribution < -0.4 is 4.74 Å². The third kappa shape index (κ3) is 10.2. The van der Waals surface area contributed by atoms with Crippen molar-refractivity contribution in [3.8, 4) is 5.88 Å². The predicted molar refractivity (Wildman–Crippen MR) is 156 cm³/mol. The van der Waals surface area contributed by atoms with E-state index in [0.717, 1.165) is 37.6 Å². The van der Waals surface area contributed by atoms with Gasteiger partial charge in [0.05, 0.1) is 6.42 Å². The second kappa shape index (κ2) is 15.8. The molecule has 1 saturated heterocycles. The zero-order valence-electron chi connectivity index (χ0n) is 25.9. The summed E-state index contributed by atoms with van der Waals surface area (Å²) in [5.74, 6) is -3.70. The number of carboxylic acids is 1. The van der Waals surface area contributed by atoms with E-state index in [-0.39, 0.29) is 18.2 Å². The summed E-state index contributed by atoms with van der Waals surface area (Å²) in [7, 11) is 0. The van der Waals surface area contributed by atoms with Crippen molar-refractivity contribution in [1.29, 1.82) is 0 Å². The molecular weight excluding hydrogens is 592 g/mol. The van der Waals surface area contributed by atoms with Gasteiger partial charge in [0.1, 0.15) is 12.7 Å². The molecule has 0 unspecified atom stereocenters. The molecule has 2 heterocycles. The Morgan fingerprint density at radius 1 is 0.911 bits per heavy atom. The second-order valence-electron chi connectivity index (χ2n) is 10.7. The van der Waals surface area contributed by atoms with E-state index < -0.39 is 67.2 Å². The fraction of sp³-hybridized carbons (Fsp3) is 0.484. The summed E-state index contributed by atoms with van der Waals surface area (Å²) in [5.41, 5.74) is 3.15. The Morgan fingerprint density at radius 2 is 1.51 bits per heavy atom. The highest BCUT2D eigenvalue weighted by Crippen LogP contribution is 2.34. The van der Waals surface area contributed by atoms with Crippen LogP contribution in [0.15, 0.2) is 30.3 Å². The lowest BCUT2D eigenvalue weighted by molar-refractivity contribution is -0.289. The lowest BCUT2D eigenvalue weighted by Gasteiger charge is -2.43. The average Bonchev–Trinajstić information content (AvgIpc) is 3.33. The third-order valence-electron chi connectivity index (χ3n) is 6.58. The Hall–Kier alpha value is -4.72. The molecule has 14 heteroatoms. The van der Waals surface area contributed by atoms with Crippen molar-refractivity contribution in [2.45, 2.75) is 91.0 Å². The Bertz CT molecular complexity index is 1400. The molecule has 14 nitrogen and oxygen atoms in total. The first-order chi connectivity index (χ1) is 21.2. The van der Waals surface area contributed by atoms with Crippen molar-refractivity contribution >= 4 is 35.9 Å². The molecule has 1 aromatic heterocycles. The number of hydrogen-bond donors (Lipinski definition) is 2. The molecule has 1 aliphatic rings. The van der Waals surface area contributed by atoms with Gasteiger partial charge in [-0.2, -0.15) is 0 Å². The molecule has 0 bridgehead atoms. The number of nitrogens with one attached hydrogen (secondary N) is 1. The van der Waals surface area contributed by atoms with E-state index in [4.69, 9.17) is 33.5 Å². The number of carbonyl (C=O) groups is 5. The number of H-pyrrole nitrogens is 1. The molecule has 2 aromatic rings. The molecular formula is C31H38N2O12. The molecule has 1 fully saturated rings. The van der Waals surface area contributed by atoms with E-state index in [9.17, 15) is 24.0 Å². The summed E-state index contributed by atoms with van der Waals surface area (Å²) in [5, 5.41) is 16.2. The van der Waals surface area contributed by atoms with Crippen molar-refractivity contribution in [2.24, 2.45) is 0 Å². The quantitative estimate of drug-likeness (QED) is 0.243. The maximum Gasteiger partial charge on any atom is 0.307 e. The van der Waals surface area contributed by atoms with E-state index in [1.54, 1.807) is 12.2 Å².